The molecule has 3 rings (SSSR count). The number of nitrogens with zero attached hydrogens (tertiary/aromatic N) is 2. The fraction of sp³-hybridized carbons (Fsp3) is 0.316. The van der Waals surface area contributed by atoms with Crippen LogP contribution in [0.5, 0.6) is 0 Å². The molecule has 0 aliphatic carbocycles. The van der Waals surface area contributed by atoms with Gasteiger partial charge in [0.25, 0.3) is 5.91 Å². The second-order valence-electron chi connectivity index (χ2n) is 6.12. The van der Waals surface area contributed by atoms with Crippen molar-refractivity contribution in [2.45, 2.75) is 32.2 Å². The fourth-order valence-corrected chi connectivity index (χ4v) is 3.35. The van der Waals surface area contributed by atoms with E-state index in [-0.39, 0.29) is 11.9 Å². The van der Waals surface area contributed by atoms with E-state index >= 15 is 0 Å². The minimum Gasteiger partial charge on any atom is -0.342 e. The van der Waals surface area contributed by atoms with Crippen molar-refractivity contribution in [2.24, 2.45) is 0 Å². The molecule has 24 heavy (non-hydrogen) atoms. The van der Waals surface area contributed by atoms with E-state index in [0.29, 0.717) is 10.7 Å². The molecule has 0 radical (unpaired) electrons. The van der Waals surface area contributed by atoms with Crippen LogP contribution in [0.15, 0.2) is 48.8 Å². The highest BCUT2D eigenvalue weighted by molar-refractivity contribution is 7.80. The van der Waals surface area contributed by atoms with Crippen LogP contribution in [0.3, 0.4) is 0 Å². The number of rotatable bonds is 2. The van der Waals surface area contributed by atoms with E-state index in [2.05, 4.69) is 21.3 Å². The van der Waals surface area contributed by atoms with Crippen LogP contribution in [-0.4, -0.2) is 27.4 Å². The van der Waals surface area contributed by atoms with E-state index < -0.39 is 0 Å². The number of likely N-dealkylation sites (tertiary alicyclic amines) is 1. The van der Waals surface area contributed by atoms with Crippen LogP contribution < -0.4 is 5.32 Å². The number of carbonyl (C=O) groups excluding carboxylic acids is 1. The Morgan fingerprint density at radius 2 is 2.04 bits per heavy atom. The number of hydrogen-bond acceptors (Lipinski definition) is 3. The Bertz CT molecular complexity index is 715. The standard InChI is InChI=1S/C19H21N3OS/c1-14-7-9-15(10-8-14)18(23)21-19(24)22-12-3-2-6-17(22)16-5-4-11-20-13-16/h4-5,7-11,13,17H,2-3,6,12H2,1H3,(H,21,23,24). The van der Waals surface area contributed by atoms with Crippen LogP contribution in [0.25, 0.3) is 0 Å². The third kappa shape index (κ3) is 3.79. The number of piperidine rings is 1. The molecule has 0 bridgehead atoms. The average Bonchev–Trinajstić information content (AvgIpc) is 2.63. The van der Waals surface area contributed by atoms with Crippen LogP contribution in [0.4, 0.5) is 0 Å². The predicted molar refractivity (Wildman–Crippen MR) is 98.8 cm³/mol. The van der Waals surface area contributed by atoms with Gasteiger partial charge in [0, 0.05) is 24.5 Å². The van der Waals surface area contributed by atoms with Crippen LogP contribution in [0.1, 0.15) is 46.8 Å². The number of carbonyl (C=O) groups is 1. The summed E-state index contributed by atoms with van der Waals surface area (Å²) in [5.41, 5.74) is 2.89. The lowest BCUT2D eigenvalue weighted by molar-refractivity contribution is 0.0969. The molecule has 2 aromatic rings. The smallest absolute Gasteiger partial charge is 0.257 e. The van der Waals surface area contributed by atoms with Crippen LogP contribution in [-0.2, 0) is 0 Å². The van der Waals surface area contributed by atoms with Gasteiger partial charge in [0.05, 0.1) is 6.04 Å². The summed E-state index contributed by atoms with van der Waals surface area (Å²) < 4.78 is 0. The Labute approximate surface area is 147 Å². The predicted octanol–water partition coefficient (Wildman–Crippen LogP) is 3.63. The van der Waals surface area contributed by atoms with Crippen molar-refractivity contribution >= 4 is 23.2 Å². The highest BCUT2D eigenvalue weighted by Gasteiger charge is 2.27. The molecule has 1 aromatic heterocycles. The first-order valence-electron chi connectivity index (χ1n) is 8.23. The first kappa shape index (κ1) is 16.6. The first-order valence-corrected chi connectivity index (χ1v) is 8.64. The van der Waals surface area contributed by atoms with E-state index in [0.717, 1.165) is 36.9 Å². The lowest BCUT2D eigenvalue weighted by Gasteiger charge is -2.37. The molecule has 5 heteroatoms. The van der Waals surface area contributed by atoms with E-state index in [4.69, 9.17) is 12.2 Å². The van der Waals surface area contributed by atoms with Crippen molar-refractivity contribution in [1.29, 1.82) is 0 Å². The molecule has 0 spiro atoms. The largest absolute Gasteiger partial charge is 0.342 e. The van der Waals surface area contributed by atoms with Gasteiger partial charge in [-0.25, -0.2) is 0 Å². The van der Waals surface area contributed by atoms with Gasteiger partial charge in [-0.05, 0) is 62.2 Å². The second kappa shape index (κ2) is 7.53. The first-order chi connectivity index (χ1) is 11.6. The number of hydrogen-bond donors (Lipinski definition) is 1. The lowest BCUT2D eigenvalue weighted by atomic mass is 9.97. The fourth-order valence-electron chi connectivity index (χ4n) is 3.04. The van der Waals surface area contributed by atoms with E-state index in [1.807, 2.05) is 43.5 Å². The number of amides is 1. The molecule has 0 saturated carbocycles. The monoisotopic (exact) mass is 339 g/mol. The topological polar surface area (TPSA) is 45.2 Å². The van der Waals surface area contributed by atoms with Gasteiger partial charge in [-0.3, -0.25) is 15.1 Å². The summed E-state index contributed by atoms with van der Waals surface area (Å²) in [5.74, 6) is -0.157. The normalized spacial score (nSPS) is 17.4. The zero-order valence-electron chi connectivity index (χ0n) is 13.7. The molecule has 4 nitrogen and oxygen atoms in total. The van der Waals surface area contributed by atoms with Crippen molar-refractivity contribution in [1.82, 2.24) is 15.2 Å². The van der Waals surface area contributed by atoms with Gasteiger partial charge < -0.3 is 4.90 Å². The Hall–Kier alpha value is -2.27. The molecule has 1 unspecified atom stereocenters. The zero-order valence-corrected chi connectivity index (χ0v) is 14.6. The van der Waals surface area contributed by atoms with Gasteiger partial charge in [-0.15, -0.1) is 0 Å². The van der Waals surface area contributed by atoms with E-state index in [1.54, 1.807) is 6.20 Å². The molecule has 2 heterocycles. The van der Waals surface area contributed by atoms with E-state index in [9.17, 15) is 4.79 Å². The summed E-state index contributed by atoms with van der Waals surface area (Å²) in [4.78, 5) is 18.7. The minimum atomic E-state index is -0.157. The van der Waals surface area contributed by atoms with Gasteiger partial charge in [-0.1, -0.05) is 23.8 Å². The molecule has 1 amide bonds. The van der Waals surface area contributed by atoms with Crippen LogP contribution in [0.2, 0.25) is 0 Å². The molecule has 1 saturated heterocycles. The van der Waals surface area contributed by atoms with Crippen molar-refractivity contribution < 1.29 is 4.79 Å². The molecule has 1 fully saturated rings. The summed E-state index contributed by atoms with van der Waals surface area (Å²) >= 11 is 5.53. The highest BCUT2D eigenvalue weighted by atomic mass is 32.1. The van der Waals surface area contributed by atoms with Gasteiger partial charge >= 0.3 is 0 Å². The summed E-state index contributed by atoms with van der Waals surface area (Å²) in [5, 5.41) is 3.38. The third-order valence-corrected chi connectivity index (χ3v) is 4.70. The van der Waals surface area contributed by atoms with Gasteiger partial charge in [-0.2, -0.15) is 0 Å². The number of nitrogens with one attached hydrogen (secondary N) is 1. The van der Waals surface area contributed by atoms with Crippen molar-refractivity contribution in [3.8, 4) is 0 Å². The zero-order chi connectivity index (χ0) is 16.9. The van der Waals surface area contributed by atoms with Crippen molar-refractivity contribution in [3.05, 3.63) is 65.5 Å². The Kier molecular flexibility index (Phi) is 5.20. The molecule has 1 aromatic carbocycles. The molecular weight excluding hydrogens is 318 g/mol. The van der Waals surface area contributed by atoms with Crippen LogP contribution >= 0.6 is 12.2 Å². The Morgan fingerprint density at radius 1 is 1.25 bits per heavy atom. The van der Waals surface area contributed by atoms with Crippen LogP contribution in [0, 0.1) is 6.92 Å². The van der Waals surface area contributed by atoms with Crippen molar-refractivity contribution in [3.63, 3.8) is 0 Å². The maximum Gasteiger partial charge on any atom is 0.257 e. The maximum absolute atomic E-state index is 12.4. The molecule has 1 aliphatic rings. The number of aryl methyl sites for hydroxylation is 1. The molecule has 1 atom stereocenters. The summed E-state index contributed by atoms with van der Waals surface area (Å²) in [7, 11) is 0. The number of pyridine rings is 1. The van der Waals surface area contributed by atoms with Gasteiger partial charge in [0.15, 0.2) is 5.11 Å². The summed E-state index contributed by atoms with van der Waals surface area (Å²) in [6.45, 7) is 2.85. The maximum atomic E-state index is 12.4. The second-order valence-corrected chi connectivity index (χ2v) is 6.50. The molecule has 124 valence electrons. The summed E-state index contributed by atoms with van der Waals surface area (Å²) in [6, 6.07) is 11.7. The molecule has 1 aliphatic heterocycles. The Balaban J connectivity index is 1.72. The molecular formula is C19H21N3OS. The number of aromatic nitrogens is 1. The highest BCUT2D eigenvalue weighted by Crippen LogP contribution is 2.30. The minimum absolute atomic E-state index is 0.157. The summed E-state index contributed by atoms with van der Waals surface area (Å²) in [6.07, 6.45) is 6.91. The number of benzene rings is 1. The average molecular weight is 339 g/mol. The lowest BCUT2D eigenvalue weighted by Crippen LogP contribution is -2.46. The number of thiocarbonyl (C=S) groups is 1. The van der Waals surface area contributed by atoms with Gasteiger partial charge in [0.1, 0.15) is 0 Å². The SMILES string of the molecule is Cc1ccc(C(=O)NC(=S)N2CCCCC2c2cccnc2)cc1. The van der Waals surface area contributed by atoms with Gasteiger partial charge in [0.2, 0.25) is 0 Å². The third-order valence-electron chi connectivity index (χ3n) is 4.37. The van der Waals surface area contributed by atoms with Crippen molar-refractivity contribution in [2.75, 3.05) is 6.54 Å². The molecule has 1 N–H and O–H groups in total. The van der Waals surface area contributed by atoms with E-state index in [1.165, 1.54) is 0 Å². The Morgan fingerprint density at radius 3 is 2.75 bits per heavy atom. The quantitative estimate of drug-likeness (QED) is 0.849.